The van der Waals surface area contributed by atoms with Gasteiger partial charge >= 0.3 is 0 Å². The predicted octanol–water partition coefficient (Wildman–Crippen LogP) is 2.05. The highest BCUT2D eigenvalue weighted by molar-refractivity contribution is 7.89. The lowest BCUT2D eigenvalue weighted by Crippen LogP contribution is -2.52. The van der Waals surface area contributed by atoms with Crippen LogP contribution in [0.5, 0.6) is 5.75 Å². The van der Waals surface area contributed by atoms with Gasteiger partial charge in [-0.3, -0.25) is 9.59 Å². The molecule has 1 unspecified atom stereocenters. The Balaban J connectivity index is 1.57. The van der Waals surface area contributed by atoms with Gasteiger partial charge < -0.3 is 15.0 Å². The minimum absolute atomic E-state index is 0.0101. The Bertz CT molecular complexity index is 866. The Morgan fingerprint density at radius 2 is 1.74 bits per heavy atom. The molecule has 1 aliphatic heterocycles. The number of rotatable bonds is 7. The second-order valence-electron chi connectivity index (χ2n) is 8.49. The summed E-state index contributed by atoms with van der Waals surface area (Å²) in [6.45, 7) is 2.39. The van der Waals surface area contributed by atoms with E-state index in [2.05, 4.69) is 10.0 Å². The van der Waals surface area contributed by atoms with Crippen LogP contribution in [0, 0.1) is 5.92 Å². The summed E-state index contributed by atoms with van der Waals surface area (Å²) in [5.74, 6) is 0.00192. The maximum Gasteiger partial charge on any atom is 0.241 e. The third kappa shape index (κ3) is 6.20. The van der Waals surface area contributed by atoms with Gasteiger partial charge in [0.1, 0.15) is 5.75 Å². The Morgan fingerprint density at radius 3 is 2.39 bits per heavy atom. The molecule has 9 heteroatoms. The van der Waals surface area contributed by atoms with E-state index in [-0.39, 0.29) is 28.7 Å². The zero-order valence-electron chi connectivity index (χ0n) is 18.3. The number of likely N-dealkylation sites (tertiary alicyclic amines) is 1. The van der Waals surface area contributed by atoms with E-state index < -0.39 is 16.1 Å². The van der Waals surface area contributed by atoms with Gasteiger partial charge in [0, 0.05) is 19.1 Å². The molecule has 2 N–H and O–H groups in total. The van der Waals surface area contributed by atoms with Crippen LogP contribution in [0.4, 0.5) is 0 Å². The molecule has 2 fully saturated rings. The first-order valence-electron chi connectivity index (χ1n) is 11.1. The van der Waals surface area contributed by atoms with Crippen molar-refractivity contribution in [3.05, 3.63) is 24.3 Å². The van der Waals surface area contributed by atoms with E-state index in [0.29, 0.717) is 18.8 Å². The molecule has 2 atom stereocenters. The first kappa shape index (κ1) is 23.5. The molecule has 1 aromatic carbocycles. The molecule has 2 aliphatic rings. The highest BCUT2D eigenvalue weighted by atomic mass is 32.2. The number of methoxy groups -OCH3 is 1. The van der Waals surface area contributed by atoms with Gasteiger partial charge in [-0.1, -0.05) is 19.3 Å². The molecule has 1 aromatic rings. The van der Waals surface area contributed by atoms with Gasteiger partial charge in [-0.25, -0.2) is 8.42 Å². The number of hydrogen-bond donors (Lipinski definition) is 2. The lowest BCUT2D eigenvalue weighted by Gasteiger charge is -2.34. The second kappa shape index (κ2) is 10.5. The first-order chi connectivity index (χ1) is 14.8. The fourth-order valence-electron chi connectivity index (χ4n) is 4.34. The topological polar surface area (TPSA) is 105 Å². The standard InChI is InChI=1S/C22H33N3O5S/c1-16(24-31(28,29)20-12-10-19(30-2)11-13-20)22(27)25-14-6-7-17(15-25)21(26)23-18-8-4-3-5-9-18/h10-13,16-18,24H,3-9,14-15H2,1-2H3,(H,23,26)/t16-,17?/m0/s1. The van der Waals surface area contributed by atoms with E-state index in [0.717, 1.165) is 38.5 Å². The fourth-order valence-corrected chi connectivity index (χ4v) is 5.53. The van der Waals surface area contributed by atoms with Crippen molar-refractivity contribution in [1.29, 1.82) is 0 Å². The maximum absolute atomic E-state index is 12.9. The summed E-state index contributed by atoms with van der Waals surface area (Å²) in [7, 11) is -2.35. The third-order valence-corrected chi connectivity index (χ3v) is 7.68. The number of sulfonamides is 1. The van der Waals surface area contributed by atoms with Crippen LogP contribution >= 0.6 is 0 Å². The zero-order chi connectivity index (χ0) is 22.4. The Morgan fingerprint density at radius 1 is 1.06 bits per heavy atom. The summed E-state index contributed by atoms with van der Waals surface area (Å²) in [6.07, 6.45) is 7.03. The van der Waals surface area contributed by atoms with Crippen molar-refractivity contribution in [1.82, 2.24) is 14.9 Å². The molecule has 2 amide bonds. The van der Waals surface area contributed by atoms with Crippen LogP contribution < -0.4 is 14.8 Å². The number of piperidine rings is 1. The summed E-state index contributed by atoms with van der Waals surface area (Å²) in [5, 5.41) is 3.15. The number of nitrogens with zero attached hydrogens (tertiary/aromatic N) is 1. The number of nitrogens with one attached hydrogen (secondary N) is 2. The normalized spacial score (nSPS) is 21.4. The number of ether oxygens (including phenoxy) is 1. The van der Waals surface area contributed by atoms with Crippen molar-refractivity contribution in [3.8, 4) is 5.75 Å². The molecule has 31 heavy (non-hydrogen) atoms. The third-order valence-electron chi connectivity index (χ3n) is 6.13. The van der Waals surface area contributed by atoms with Gasteiger partial charge in [0.2, 0.25) is 21.8 Å². The average molecular weight is 452 g/mol. The summed E-state index contributed by atoms with van der Waals surface area (Å²) in [6, 6.07) is 5.30. The zero-order valence-corrected chi connectivity index (χ0v) is 19.1. The van der Waals surface area contributed by atoms with Crippen molar-refractivity contribution >= 4 is 21.8 Å². The molecule has 172 valence electrons. The lowest BCUT2D eigenvalue weighted by molar-refractivity contribution is -0.137. The van der Waals surface area contributed by atoms with Crippen molar-refractivity contribution < 1.29 is 22.7 Å². The van der Waals surface area contributed by atoms with Gasteiger partial charge in [-0.2, -0.15) is 4.72 Å². The molecular weight excluding hydrogens is 418 g/mol. The highest BCUT2D eigenvalue weighted by Crippen LogP contribution is 2.22. The Hall–Kier alpha value is -2.13. The van der Waals surface area contributed by atoms with E-state index in [1.165, 1.54) is 32.6 Å². The highest BCUT2D eigenvalue weighted by Gasteiger charge is 2.33. The van der Waals surface area contributed by atoms with Crippen molar-refractivity contribution in [2.24, 2.45) is 5.92 Å². The van der Waals surface area contributed by atoms with Crippen LogP contribution in [0.15, 0.2) is 29.2 Å². The average Bonchev–Trinajstić information content (AvgIpc) is 2.79. The fraction of sp³-hybridized carbons (Fsp3) is 0.636. The van der Waals surface area contributed by atoms with Crippen LogP contribution in [0.2, 0.25) is 0 Å². The number of carbonyl (C=O) groups is 2. The molecule has 1 saturated carbocycles. The predicted molar refractivity (Wildman–Crippen MR) is 117 cm³/mol. The molecule has 3 rings (SSSR count). The van der Waals surface area contributed by atoms with Crippen LogP contribution in [-0.4, -0.2) is 57.4 Å². The van der Waals surface area contributed by atoms with E-state index in [9.17, 15) is 18.0 Å². The van der Waals surface area contributed by atoms with Crippen molar-refractivity contribution in [2.75, 3.05) is 20.2 Å². The van der Waals surface area contributed by atoms with Crippen LogP contribution in [0.3, 0.4) is 0 Å². The van der Waals surface area contributed by atoms with Gasteiger partial charge in [0.15, 0.2) is 0 Å². The minimum Gasteiger partial charge on any atom is -0.497 e. The molecule has 0 aromatic heterocycles. The summed E-state index contributed by atoms with van der Waals surface area (Å²) < 4.78 is 32.8. The number of hydrogen-bond acceptors (Lipinski definition) is 5. The van der Waals surface area contributed by atoms with Gasteiger partial charge in [-0.05, 0) is 56.9 Å². The van der Waals surface area contributed by atoms with Gasteiger partial charge in [-0.15, -0.1) is 0 Å². The molecule has 1 aliphatic carbocycles. The van der Waals surface area contributed by atoms with E-state index in [1.807, 2.05) is 0 Å². The Kier molecular flexibility index (Phi) is 7.94. The van der Waals surface area contributed by atoms with Crippen LogP contribution in [0.1, 0.15) is 51.9 Å². The van der Waals surface area contributed by atoms with Gasteiger partial charge in [0.05, 0.1) is 24.0 Å². The first-order valence-corrected chi connectivity index (χ1v) is 12.5. The van der Waals surface area contributed by atoms with Crippen molar-refractivity contribution in [3.63, 3.8) is 0 Å². The minimum atomic E-state index is -3.85. The number of carbonyl (C=O) groups excluding carboxylic acids is 2. The molecule has 1 saturated heterocycles. The summed E-state index contributed by atoms with van der Waals surface area (Å²) in [5.41, 5.74) is 0. The largest absolute Gasteiger partial charge is 0.497 e. The second-order valence-corrected chi connectivity index (χ2v) is 10.2. The van der Waals surface area contributed by atoms with E-state index in [4.69, 9.17) is 4.74 Å². The molecule has 8 nitrogen and oxygen atoms in total. The van der Waals surface area contributed by atoms with E-state index >= 15 is 0 Å². The van der Waals surface area contributed by atoms with Crippen LogP contribution in [0.25, 0.3) is 0 Å². The Labute approximate surface area is 184 Å². The SMILES string of the molecule is COc1ccc(S(=O)(=O)N[C@@H](C)C(=O)N2CCCC(C(=O)NC3CCCCC3)C2)cc1. The summed E-state index contributed by atoms with van der Waals surface area (Å²) in [4.78, 5) is 27.3. The van der Waals surface area contributed by atoms with Crippen LogP contribution in [-0.2, 0) is 19.6 Å². The molecule has 1 heterocycles. The molecule has 0 spiro atoms. The monoisotopic (exact) mass is 451 g/mol. The molecular formula is C22H33N3O5S. The number of amides is 2. The maximum atomic E-state index is 12.9. The summed E-state index contributed by atoms with van der Waals surface area (Å²) >= 11 is 0. The van der Waals surface area contributed by atoms with Gasteiger partial charge in [0.25, 0.3) is 0 Å². The van der Waals surface area contributed by atoms with E-state index in [1.54, 1.807) is 17.0 Å². The van der Waals surface area contributed by atoms with Crippen molar-refractivity contribution in [2.45, 2.75) is 68.8 Å². The molecule has 0 radical (unpaired) electrons. The molecule has 0 bridgehead atoms. The number of benzene rings is 1. The smallest absolute Gasteiger partial charge is 0.241 e. The quantitative estimate of drug-likeness (QED) is 0.660. The lowest BCUT2D eigenvalue weighted by atomic mass is 9.93.